The lowest BCUT2D eigenvalue weighted by molar-refractivity contribution is -0.0711. The minimum absolute atomic E-state index is 0.0888. The summed E-state index contributed by atoms with van der Waals surface area (Å²) in [4.78, 5) is 0. The molecule has 2 nitrogen and oxygen atoms in total. The minimum Gasteiger partial charge on any atom is -0.372 e. The maximum atomic E-state index is 6.64. The number of rotatable bonds is 3. The molecule has 1 heterocycles. The first-order valence-electron chi connectivity index (χ1n) is 8.60. The molecular formula is C17H31NO. The van der Waals surface area contributed by atoms with Crippen LogP contribution in [0.1, 0.15) is 84.0 Å². The summed E-state index contributed by atoms with van der Waals surface area (Å²) < 4.78 is 6.51. The summed E-state index contributed by atoms with van der Waals surface area (Å²) in [5.41, 5.74) is 7.00. The topological polar surface area (TPSA) is 35.2 Å². The van der Waals surface area contributed by atoms with Crippen molar-refractivity contribution in [2.24, 2.45) is 11.7 Å². The van der Waals surface area contributed by atoms with Gasteiger partial charge in [-0.15, -0.1) is 0 Å². The SMILES string of the molecule is CCC1CCC(N)(CC2CCC3(CCCCC3)O2)C1. The van der Waals surface area contributed by atoms with Gasteiger partial charge in [0.05, 0.1) is 11.7 Å². The molecule has 1 saturated heterocycles. The molecule has 0 amide bonds. The van der Waals surface area contributed by atoms with Crippen molar-refractivity contribution in [2.45, 2.75) is 101 Å². The monoisotopic (exact) mass is 265 g/mol. The first-order valence-corrected chi connectivity index (χ1v) is 8.60. The Kier molecular flexibility index (Phi) is 3.92. The van der Waals surface area contributed by atoms with Gasteiger partial charge in [-0.25, -0.2) is 0 Å². The van der Waals surface area contributed by atoms with E-state index in [1.54, 1.807) is 0 Å². The molecule has 19 heavy (non-hydrogen) atoms. The predicted molar refractivity (Wildman–Crippen MR) is 79.1 cm³/mol. The summed E-state index contributed by atoms with van der Waals surface area (Å²) in [6.45, 7) is 2.31. The van der Waals surface area contributed by atoms with Crippen molar-refractivity contribution >= 4 is 0 Å². The molecule has 110 valence electrons. The van der Waals surface area contributed by atoms with E-state index in [1.165, 1.54) is 70.6 Å². The van der Waals surface area contributed by atoms with E-state index < -0.39 is 0 Å². The van der Waals surface area contributed by atoms with E-state index in [9.17, 15) is 0 Å². The van der Waals surface area contributed by atoms with Gasteiger partial charge in [0.2, 0.25) is 0 Å². The normalized spacial score (nSPS) is 42.0. The molecule has 2 heteroatoms. The van der Waals surface area contributed by atoms with Crippen LogP contribution in [0.4, 0.5) is 0 Å². The fourth-order valence-corrected chi connectivity index (χ4v) is 4.86. The maximum Gasteiger partial charge on any atom is 0.0687 e. The van der Waals surface area contributed by atoms with Gasteiger partial charge in [-0.2, -0.15) is 0 Å². The third-order valence-electron chi connectivity index (χ3n) is 6.06. The Morgan fingerprint density at radius 3 is 2.53 bits per heavy atom. The van der Waals surface area contributed by atoms with Crippen LogP contribution in [-0.2, 0) is 4.74 Å². The molecule has 2 saturated carbocycles. The van der Waals surface area contributed by atoms with Gasteiger partial charge in [0, 0.05) is 5.54 Å². The Balaban J connectivity index is 1.54. The van der Waals surface area contributed by atoms with Crippen LogP contribution in [0.5, 0.6) is 0 Å². The van der Waals surface area contributed by atoms with Gasteiger partial charge >= 0.3 is 0 Å². The Morgan fingerprint density at radius 1 is 1.05 bits per heavy atom. The molecule has 3 fully saturated rings. The van der Waals surface area contributed by atoms with Gasteiger partial charge in [-0.3, -0.25) is 0 Å². The molecule has 0 aromatic rings. The van der Waals surface area contributed by atoms with Crippen molar-refractivity contribution in [3.05, 3.63) is 0 Å². The van der Waals surface area contributed by atoms with Crippen molar-refractivity contribution < 1.29 is 4.74 Å². The van der Waals surface area contributed by atoms with Crippen molar-refractivity contribution in [3.63, 3.8) is 0 Å². The molecule has 0 aromatic heterocycles. The van der Waals surface area contributed by atoms with Crippen LogP contribution in [0.15, 0.2) is 0 Å². The summed E-state index contributed by atoms with van der Waals surface area (Å²) in [6.07, 6.45) is 16.0. The van der Waals surface area contributed by atoms with Crippen LogP contribution < -0.4 is 5.73 Å². The van der Waals surface area contributed by atoms with Crippen LogP contribution in [0.2, 0.25) is 0 Å². The molecule has 0 bridgehead atoms. The second-order valence-electron chi connectivity index (χ2n) is 7.61. The van der Waals surface area contributed by atoms with E-state index in [0.29, 0.717) is 6.10 Å². The van der Waals surface area contributed by atoms with Crippen LogP contribution in [0.25, 0.3) is 0 Å². The van der Waals surface area contributed by atoms with E-state index in [2.05, 4.69) is 6.92 Å². The standard InChI is InChI=1S/C17H31NO/c1-2-14-6-10-16(18,12-14)13-15-7-11-17(19-15)8-4-3-5-9-17/h14-15H,2-13,18H2,1H3. The van der Waals surface area contributed by atoms with Gasteiger partial charge in [0.1, 0.15) is 0 Å². The molecule has 0 aromatic carbocycles. The van der Waals surface area contributed by atoms with Crippen molar-refractivity contribution in [3.8, 4) is 0 Å². The van der Waals surface area contributed by atoms with E-state index in [1.807, 2.05) is 0 Å². The third kappa shape index (κ3) is 3.00. The fourth-order valence-electron chi connectivity index (χ4n) is 4.86. The number of nitrogens with two attached hydrogens (primary N) is 1. The first kappa shape index (κ1) is 13.9. The van der Waals surface area contributed by atoms with E-state index in [0.717, 1.165) is 12.3 Å². The lowest BCUT2D eigenvalue weighted by Crippen LogP contribution is -2.41. The molecule has 3 atom stereocenters. The van der Waals surface area contributed by atoms with Crippen molar-refractivity contribution in [1.82, 2.24) is 0 Å². The highest BCUT2D eigenvalue weighted by Crippen LogP contribution is 2.45. The molecule has 3 rings (SSSR count). The molecular weight excluding hydrogens is 234 g/mol. The Hall–Kier alpha value is -0.0800. The average molecular weight is 265 g/mol. The number of hydrogen-bond donors (Lipinski definition) is 1. The highest BCUT2D eigenvalue weighted by Gasteiger charge is 2.44. The molecule has 2 N–H and O–H groups in total. The summed E-state index contributed by atoms with van der Waals surface area (Å²) in [6, 6.07) is 0. The zero-order chi connectivity index (χ0) is 13.3. The average Bonchev–Trinajstić information content (AvgIpc) is 2.96. The third-order valence-corrected chi connectivity index (χ3v) is 6.06. The van der Waals surface area contributed by atoms with Crippen LogP contribution in [-0.4, -0.2) is 17.2 Å². The van der Waals surface area contributed by atoms with Crippen LogP contribution >= 0.6 is 0 Å². The summed E-state index contributed by atoms with van der Waals surface area (Å²) >= 11 is 0. The van der Waals surface area contributed by atoms with Gasteiger partial charge in [-0.05, 0) is 57.3 Å². The molecule has 2 aliphatic carbocycles. The fraction of sp³-hybridized carbons (Fsp3) is 1.00. The van der Waals surface area contributed by atoms with Gasteiger partial charge < -0.3 is 10.5 Å². The van der Waals surface area contributed by atoms with E-state index in [4.69, 9.17) is 10.5 Å². The van der Waals surface area contributed by atoms with Gasteiger partial charge in [-0.1, -0.05) is 32.6 Å². The number of ether oxygens (including phenoxy) is 1. The summed E-state index contributed by atoms with van der Waals surface area (Å²) in [7, 11) is 0. The molecule has 3 aliphatic rings. The van der Waals surface area contributed by atoms with Gasteiger partial charge in [0.25, 0.3) is 0 Å². The van der Waals surface area contributed by atoms with Crippen molar-refractivity contribution in [1.29, 1.82) is 0 Å². The lowest BCUT2D eigenvalue weighted by Gasteiger charge is -2.35. The lowest BCUT2D eigenvalue weighted by atomic mass is 9.82. The quantitative estimate of drug-likeness (QED) is 0.831. The number of hydrogen-bond acceptors (Lipinski definition) is 2. The van der Waals surface area contributed by atoms with E-state index in [-0.39, 0.29) is 11.1 Å². The molecule has 3 unspecified atom stereocenters. The second kappa shape index (κ2) is 5.37. The molecule has 1 spiro atoms. The highest BCUT2D eigenvalue weighted by molar-refractivity contribution is 4.98. The zero-order valence-electron chi connectivity index (χ0n) is 12.6. The zero-order valence-corrected chi connectivity index (χ0v) is 12.6. The summed E-state index contributed by atoms with van der Waals surface area (Å²) in [5, 5.41) is 0. The highest BCUT2D eigenvalue weighted by atomic mass is 16.5. The van der Waals surface area contributed by atoms with Gasteiger partial charge in [0.15, 0.2) is 0 Å². The Morgan fingerprint density at radius 2 is 1.84 bits per heavy atom. The molecule has 0 radical (unpaired) electrons. The second-order valence-corrected chi connectivity index (χ2v) is 7.61. The largest absolute Gasteiger partial charge is 0.372 e. The van der Waals surface area contributed by atoms with Crippen molar-refractivity contribution in [2.75, 3.05) is 0 Å². The predicted octanol–water partition coefficient (Wildman–Crippen LogP) is 4.17. The Labute approximate surface area is 118 Å². The summed E-state index contributed by atoms with van der Waals surface area (Å²) in [5.74, 6) is 0.870. The van der Waals surface area contributed by atoms with Crippen LogP contribution in [0, 0.1) is 5.92 Å². The first-order chi connectivity index (χ1) is 9.13. The Bertz CT molecular complexity index is 310. The van der Waals surface area contributed by atoms with Crippen LogP contribution in [0.3, 0.4) is 0 Å². The molecule has 1 aliphatic heterocycles. The maximum absolute atomic E-state index is 6.64. The smallest absolute Gasteiger partial charge is 0.0687 e. The minimum atomic E-state index is 0.0888. The van der Waals surface area contributed by atoms with E-state index >= 15 is 0 Å².